The molecule has 1 aliphatic rings. The molecule has 0 spiro atoms. The minimum absolute atomic E-state index is 0.149. The molecule has 0 N–H and O–H groups in total. The Morgan fingerprint density at radius 3 is 2.47 bits per heavy atom. The molecule has 0 nitrogen and oxygen atoms in total. The van der Waals surface area contributed by atoms with Crippen molar-refractivity contribution in [2.75, 3.05) is 0 Å². The number of fused-ring (bicyclic) bond motifs is 1. The van der Waals surface area contributed by atoms with Gasteiger partial charge in [0.1, 0.15) is 0 Å². The second kappa shape index (κ2) is 3.74. The summed E-state index contributed by atoms with van der Waals surface area (Å²) in [4.78, 5) is 0. The molecule has 2 aromatic rings. The molecular formula is C16H17Cl. The third kappa shape index (κ3) is 1.85. The maximum absolute atomic E-state index is 6.67. The van der Waals surface area contributed by atoms with E-state index in [1.54, 1.807) is 0 Å². The summed E-state index contributed by atoms with van der Waals surface area (Å²) >= 11 is 6.67. The van der Waals surface area contributed by atoms with Crippen LogP contribution in [0.3, 0.4) is 0 Å². The molecule has 0 radical (unpaired) electrons. The molecule has 0 amide bonds. The zero-order valence-corrected chi connectivity index (χ0v) is 11.0. The van der Waals surface area contributed by atoms with Gasteiger partial charge in [-0.25, -0.2) is 0 Å². The molecule has 0 aromatic heterocycles. The molecule has 1 saturated carbocycles. The molecule has 0 aliphatic heterocycles. The van der Waals surface area contributed by atoms with E-state index in [2.05, 4.69) is 56.3 Å². The van der Waals surface area contributed by atoms with E-state index in [1.807, 2.05) is 0 Å². The first-order chi connectivity index (χ1) is 8.09. The largest absolute Gasteiger partial charge is 0.117 e. The Balaban J connectivity index is 2.06. The molecule has 2 aromatic carbocycles. The lowest BCUT2D eigenvalue weighted by molar-refractivity contribution is 0.549. The number of alkyl halides is 1. The summed E-state index contributed by atoms with van der Waals surface area (Å²) in [5.41, 5.74) is 1.71. The minimum atomic E-state index is 0.149. The number of hydrogen-bond donors (Lipinski definition) is 0. The van der Waals surface area contributed by atoms with Crippen molar-refractivity contribution in [1.29, 1.82) is 0 Å². The standard InChI is InChI=1S/C16H17Cl/c1-16(2)10-14(16)15(17)13-9-5-7-11-6-3-4-8-12(11)13/h3-9,14-15H,10H2,1-2H3. The zero-order chi connectivity index (χ0) is 12.0. The summed E-state index contributed by atoms with van der Waals surface area (Å²) in [7, 11) is 0. The van der Waals surface area contributed by atoms with Crippen LogP contribution in [0.5, 0.6) is 0 Å². The molecule has 0 saturated heterocycles. The fraction of sp³-hybridized carbons (Fsp3) is 0.375. The van der Waals surface area contributed by atoms with Gasteiger partial charge < -0.3 is 0 Å². The van der Waals surface area contributed by atoms with Gasteiger partial charge in [-0.2, -0.15) is 0 Å². The second-order valence-electron chi connectivity index (χ2n) is 5.77. The Bertz CT molecular complexity index is 551. The first-order valence-corrected chi connectivity index (χ1v) is 6.65. The highest BCUT2D eigenvalue weighted by molar-refractivity contribution is 6.22. The topological polar surface area (TPSA) is 0 Å². The summed E-state index contributed by atoms with van der Waals surface area (Å²) in [6, 6.07) is 14.9. The van der Waals surface area contributed by atoms with E-state index in [9.17, 15) is 0 Å². The van der Waals surface area contributed by atoms with Crippen LogP contribution in [0, 0.1) is 11.3 Å². The zero-order valence-electron chi connectivity index (χ0n) is 10.3. The summed E-state index contributed by atoms with van der Waals surface area (Å²) in [5.74, 6) is 0.620. The van der Waals surface area contributed by atoms with Crippen LogP contribution in [0.25, 0.3) is 10.8 Å². The first kappa shape index (κ1) is 11.1. The van der Waals surface area contributed by atoms with Crippen LogP contribution in [0.1, 0.15) is 31.2 Å². The van der Waals surface area contributed by atoms with Gasteiger partial charge in [0.15, 0.2) is 0 Å². The van der Waals surface area contributed by atoms with Crippen molar-refractivity contribution in [3.63, 3.8) is 0 Å². The van der Waals surface area contributed by atoms with Crippen molar-refractivity contribution >= 4 is 22.4 Å². The highest BCUT2D eigenvalue weighted by Gasteiger charge is 2.50. The minimum Gasteiger partial charge on any atom is -0.117 e. The average molecular weight is 245 g/mol. The molecule has 2 atom stereocenters. The Labute approximate surface area is 108 Å². The Hall–Kier alpha value is -1.01. The van der Waals surface area contributed by atoms with Crippen molar-refractivity contribution in [3.8, 4) is 0 Å². The molecule has 1 aliphatic carbocycles. The van der Waals surface area contributed by atoms with Crippen molar-refractivity contribution in [3.05, 3.63) is 48.0 Å². The lowest BCUT2D eigenvalue weighted by Crippen LogP contribution is -2.00. The maximum atomic E-state index is 6.67. The normalized spacial score (nSPS) is 23.6. The van der Waals surface area contributed by atoms with E-state index in [1.165, 1.54) is 22.8 Å². The van der Waals surface area contributed by atoms with E-state index < -0.39 is 0 Å². The molecule has 0 heterocycles. The van der Waals surface area contributed by atoms with Crippen LogP contribution in [0.4, 0.5) is 0 Å². The van der Waals surface area contributed by atoms with Crippen LogP contribution < -0.4 is 0 Å². The van der Waals surface area contributed by atoms with Crippen molar-refractivity contribution in [2.24, 2.45) is 11.3 Å². The third-order valence-electron chi connectivity index (χ3n) is 4.06. The van der Waals surface area contributed by atoms with Crippen LogP contribution in [0.15, 0.2) is 42.5 Å². The molecule has 0 bridgehead atoms. The molecule has 1 heteroatoms. The average Bonchev–Trinajstić information content (AvgIpc) is 2.97. The quantitative estimate of drug-likeness (QED) is 0.640. The van der Waals surface area contributed by atoms with Crippen LogP contribution in [-0.4, -0.2) is 0 Å². The summed E-state index contributed by atoms with van der Waals surface area (Å²) < 4.78 is 0. The summed E-state index contributed by atoms with van der Waals surface area (Å²) in [6.45, 7) is 4.61. The Morgan fingerprint density at radius 2 is 1.76 bits per heavy atom. The van der Waals surface area contributed by atoms with Crippen LogP contribution in [-0.2, 0) is 0 Å². The van der Waals surface area contributed by atoms with Crippen molar-refractivity contribution < 1.29 is 0 Å². The summed E-state index contributed by atoms with van der Waals surface area (Å²) in [5, 5.41) is 2.74. The van der Waals surface area contributed by atoms with Gasteiger partial charge in [-0.3, -0.25) is 0 Å². The predicted octanol–water partition coefficient (Wildman–Crippen LogP) is 5.17. The Morgan fingerprint density at radius 1 is 1.12 bits per heavy atom. The lowest BCUT2D eigenvalue weighted by Gasteiger charge is -2.14. The van der Waals surface area contributed by atoms with Crippen LogP contribution in [0.2, 0.25) is 0 Å². The second-order valence-corrected chi connectivity index (χ2v) is 6.24. The van der Waals surface area contributed by atoms with Gasteiger partial charge in [0, 0.05) is 0 Å². The van der Waals surface area contributed by atoms with E-state index >= 15 is 0 Å². The molecule has 88 valence electrons. The number of hydrogen-bond acceptors (Lipinski definition) is 0. The molecule has 2 unspecified atom stereocenters. The Kier molecular flexibility index (Phi) is 2.45. The molecule has 3 rings (SSSR count). The van der Waals surface area contributed by atoms with Gasteiger partial charge in [-0.15, -0.1) is 11.6 Å². The fourth-order valence-electron chi connectivity index (χ4n) is 2.72. The molecular weight excluding hydrogens is 228 g/mol. The van der Waals surface area contributed by atoms with Gasteiger partial charge in [0.05, 0.1) is 5.38 Å². The van der Waals surface area contributed by atoms with Crippen molar-refractivity contribution in [1.82, 2.24) is 0 Å². The van der Waals surface area contributed by atoms with E-state index in [4.69, 9.17) is 11.6 Å². The predicted molar refractivity (Wildman–Crippen MR) is 74.4 cm³/mol. The summed E-state index contributed by atoms with van der Waals surface area (Å²) in [6.07, 6.45) is 1.24. The highest BCUT2D eigenvalue weighted by atomic mass is 35.5. The maximum Gasteiger partial charge on any atom is 0.0624 e. The van der Waals surface area contributed by atoms with Gasteiger partial charge in [-0.05, 0) is 34.1 Å². The van der Waals surface area contributed by atoms with Gasteiger partial charge in [0.2, 0.25) is 0 Å². The van der Waals surface area contributed by atoms with E-state index in [-0.39, 0.29) is 5.38 Å². The van der Waals surface area contributed by atoms with Crippen molar-refractivity contribution in [2.45, 2.75) is 25.6 Å². The van der Waals surface area contributed by atoms with E-state index in [0.29, 0.717) is 11.3 Å². The highest BCUT2D eigenvalue weighted by Crippen LogP contribution is 2.60. The van der Waals surface area contributed by atoms with Gasteiger partial charge in [-0.1, -0.05) is 56.3 Å². The van der Waals surface area contributed by atoms with Gasteiger partial charge in [0.25, 0.3) is 0 Å². The van der Waals surface area contributed by atoms with E-state index in [0.717, 1.165) is 0 Å². The fourth-order valence-corrected chi connectivity index (χ4v) is 3.34. The smallest absolute Gasteiger partial charge is 0.0624 e. The lowest BCUT2D eigenvalue weighted by atomic mass is 9.97. The number of halogens is 1. The SMILES string of the molecule is CC1(C)CC1C(Cl)c1cccc2ccccc12. The van der Waals surface area contributed by atoms with Gasteiger partial charge >= 0.3 is 0 Å². The molecule has 17 heavy (non-hydrogen) atoms. The first-order valence-electron chi connectivity index (χ1n) is 6.21. The molecule has 1 fully saturated rings. The van der Waals surface area contributed by atoms with Crippen LogP contribution >= 0.6 is 11.6 Å². The number of rotatable bonds is 2. The third-order valence-corrected chi connectivity index (χ3v) is 4.60. The number of benzene rings is 2. The monoisotopic (exact) mass is 244 g/mol.